The quantitative estimate of drug-likeness (QED) is 0.438. The molecule has 23 heavy (non-hydrogen) atoms. The van der Waals surface area contributed by atoms with Crippen molar-refractivity contribution < 1.29 is 4.79 Å². The van der Waals surface area contributed by atoms with Gasteiger partial charge in [0.15, 0.2) is 0 Å². The molecule has 1 rings (SSSR count). The average Bonchev–Trinajstić information content (AvgIpc) is 3.04. The van der Waals surface area contributed by atoms with Gasteiger partial charge in [-0.3, -0.25) is 20.2 Å². The topological polar surface area (TPSA) is 44.7 Å². The van der Waals surface area contributed by atoms with Gasteiger partial charge in [-0.1, -0.05) is 84.0 Å². The molecule has 0 saturated heterocycles. The molecule has 4 nitrogen and oxygen atoms in total. The molecular weight excluding hydrogens is 286 g/mol. The van der Waals surface area contributed by atoms with E-state index in [-0.39, 0.29) is 5.91 Å². The maximum absolute atomic E-state index is 11.7. The summed E-state index contributed by atoms with van der Waals surface area (Å²) in [4.78, 5) is 15.8. The minimum Gasteiger partial charge on any atom is -0.273 e. The number of carbonyl (C=O) groups is 1. The Morgan fingerprint density at radius 3 is 1.91 bits per heavy atom. The number of nitrogens with zero attached hydrogens (tertiary/aromatic N) is 2. The summed E-state index contributed by atoms with van der Waals surface area (Å²) in [5, 5.41) is 1.78. The van der Waals surface area contributed by atoms with Crippen molar-refractivity contribution in [2.75, 3.05) is 13.1 Å². The van der Waals surface area contributed by atoms with Crippen LogP contribution in [0.2, 0.25) is 0 Å². The molecule has 1 aliphatic rings. The number of hydrogen-bond acceptors (Lipinski definition) is 3. The zero-order chi connectivity index (χ0) is 16.6. The van der Waals surface area contributed by atoms with Crippen molar-refractivity contribution in [2.24, 2.45) is 4.99 Å². The molecule has 0 radical (unpaired) electrons. The van der Waals surface area contributed by atoms with E-state index in [0.717, 1.165) is 19.5 Å². The largest absolute Gasteiger partial charge is 0.273 e. The van der Waals surface area contributed by atoms with Crippen molar-refractivity contribution in [3.8, 4) is 0 Å². The van der Waals surface area contributed by atoms with Gasteiger partial charge >= 0.3 is 0 Å². The Bertz CT molecular complexity index is 318. The highest BCUT2D eigenvalue weighted by molar-refractivity contribution is 5.77. The van der Waals surface area contributed by atoms with Crippen LogP contribution in [0, 0.1) is 0 Å². The van der Waals surface area contributed by atoms with Gasteiger partial charge in [0.1, 0.15) is 6.34 Å². The Morgan fingerprint density at radius 2 is 1.43 bits per heavy atom. The number of hydrogen-bond donors (Lipinski definition) is 1. The number of hydrazine groups is 1. The maximum Gasteiger partial charge on any atom is 0.238 e. The highest BCUT2D eigenvalue weighted by Crippen LogP contribution is 2.12. The van der Waals surface area contributed by atoms with Gasteiger partial charge in [0, 0.05) is 6.42 Å². The first kappa shape index (κ1) is 20.0. The third kappa shape index (κ3) is 12.1. The van der Waals surface area contributed by atoms with Crippen LogP contribution in [0.1, 0.15) is 96.8 Å². The first-order valence-corrected chi connectivity index (χ1v) is 9.89. The monoisotopic (exact) mass is 323 g/mol. The molecule has 4 heteroatoms. The summed E-state index contributed by atoms with van der Waals surface area (Å²) in [5.74, 6) is 0.126. The molecule has 0 atom stereocenters. The molecule has 0 unspecified atom stereocenters. The normalized spacial score (nSPS) is 13.7. The molecule has 0 aliphatic carbocycles. The highest BCUT2D eigenvalue weighted by atomic mass is 16.2. The molecule has 0 saturated carbocycles. The SMILES string of the molecule is CCCCCCCCCCCCCCCC(=O)NN1C=NCC1. The zero-order valence-corrected chi connectivity index (χ0v) is 15.2. The van der Waals surface area contributed by atoms with Crippen LogP contribution in [-0.2, 0) is 4.79 Å². The Labute approximate surface area is 143 Å². The van der Waals surface area contributed by atoms with Crippen LogP contribution in [0.5, 0.6) is 0 Å². The van der Waals surface area contributed by atoms with Crippen LogP contribution in [0.4, 0.5) is 0 Å². The number of nitrogens with one attached hydrogen (secondary N) is 1. The van der Waals surface area contributed by atoms with Gasteiger partial charge in [-0.15, -0.1) is 0 Å². The highest BCUT2D eigenvalue weighted by Gasteiger charge is 2.08. The van der Waals surface area contributed by atoms with E-state index in [1.54, 1.807) is 11.3 Å². The molecule has 0 aromatic heterocycles. The molecule has 0 fully saturated rings. The predicted molar refractivity (Wildman–Crippen MR) is 98.5 cm³/mol. The molecule has 0 aromatic rings. The summed E-state index contributed by atoms with van der Waals surface area (Å²) >= 11 is 0. The minimum atomic E-state index is 0.126. The van der Waals surface area contributed by atoms with Crippen molar-refractivity contribution in [3.63, 3.8) is 0 Å². The predicted octanol–water partition coefficient (Wildman–Crippen LogP) is 4.84. The van der Waals surface area contributed by atoms with Gasteiger partial charge in [-0.25, -0.2) is 0 Å². The summed E-state index contributed by atoms with van der Waals surface area (Å²) in [5.41, 5.74) is 2.87. The van der Waals surface area contributed by atoms with Gasteiger partial charge in [0.2, 0.25) is 5.91 Å². The van der Waals surface area contributed by atoms with Crippen LogP contribution < -0.4 is 5.43 Å². The molecule has 134 valence electrons. The summed E-state index contributed by atoms with van der Waals surface area (Å²) in [6.07, 6.45) is 19.8. The molecule has 1 amide bonds. The van der Waals surface area contributed by atoms with Crippen molar-refractivity contribution >= 4 is 12.2 Å². The summed E-state index contributed by atoms with van der Waals surface area (Å²) < 4.78 is 0. The third-order valence-corrected chi connectivity index (χ3v) is 4.47. The standard InChI is InChI=1S/C19H37N3O/c1-2-3-4-5-6-7-8-9-10-11-12-13-14-15-19(23)21-22-17-16-20-18-22/h18H,2-17H2,1H3,(H,21,23). The van der Waals surface area contributed by atoms with E-state index in [9.17, 15) is 4.79 Å². The van der Waals surface area contributed by atoms with Crippen LogP contribution in [0.25, 0.3) is 0 Å². The van der Waals surface area contributed by atoms with E-state index in [1.165, 1.54) is 77.0 Å². The number of rotatable bonds is 15. The summed E-state index contributed by atoms with van der Waals surface area (Å²) in [6.45, 7) is 3.87. The number of carbonyl (C=O) groups excluding carboxylic acids is 1. The van der Waals surface area contributed by atoms with E-state index in [1.807, 2.05) is 0 Å². The first-order valence-electron chi connectivity index (χ1n) is 9.89. The van der Waals surface area contributed by atoms with Gasteiger partial charge in [0.05, 0.1) is 13.1 Å². The van der Waals surface area contributed by atoms with E-state index >= 15 is 0 Å². The molecule has 0 spiro atoms. The van der Waals surface area contributed by atoms with Gasteiger partial charge in [-0.05, 0) is 6.42 Å². The summed E-state index contributed by atoms with van der Waals surface area (Å²) in [6, 6.07) is 0. The minimum absolute atomic E-state index is 0.126. The lowest BCUT2D eigenvalue weighted by atomic mass is 10.0. The van der Waals surface area contributed by atoms with E-state index < -0.39 is 0 Å². The van der Waals surface area contributed by atoms with E-state index in [2.05, 4.69) is 17.3 Å². The van der Waals surface area contributed by atoms with Crippen LogP contribution in [0.15, 0.2) is 4.99 Å². The van der Waals surface area contributed by atoms with Crippen molar-refractivity contribution in [2.45, 2.75) is 96.8 Å². The van der Waals surface area contributed by atoms with Gasteiger partial charge in [-0.2, -0.15) is 0 Å². The molecule has 1 N–H and O–H groups in total. The lowest BCUT2D eigenvalue weighted by Crippen LogP contribution is -2.39. The molecule has 0 aromatic carbocycles. The molecule has 0 bridgehead atoms. The fraction of sp³-hybridized carbons (Fsp3) is 0.895. The second-order valence-electron chi connectivity index (χ2n) is 6.74. The fourth-order valence-corrected chi connectivity index (χ4v) is 2.98. The molecule has 1 aliphatic heterocycles. The number of aliphatic imine (C=N–C) groups is 1. The second-order valence-corrected chi connectivity index (χ2v) is 6.74. The van der Waals surface area contributed by atoms with Gasteiger partial charge in [0.25, 0.3) is 0 Å². The summed E-state index contributed by atoms with van der Waals surface area (Å²) in [7, 11) is 0. The molecular formula is C19H37N3O. The lowest BCUT2D eigenvalue weighted by molar-refractivity contribution is -0.124. The Balaban J connectivity index is 1.74. The Hall–Kier alpha value is -1.06. The van der Waals surface area contributed by atoms with E-state index in [0.29, 0.717) is 6.42 Å². The number of unbranched alkanes of at least 4 members (excludes halogenated alkanes) is 12. The lowest BCUT2D eigenvalue weighted by Gasteiger charge is -2.14. The Morgan fingerprint density at radius 1 is 0.913 bits per heavy atom. The van der Waals surface area contributed by atoms with Gasteiger partial charge < -0.3 is 0 Å². The van der Waals surface area contributed by atoms with Crippen molar-refractivity contribution in [1.82, 2.24) is 10.4 Å². The van der Waals surface area contributed by atoms with Crippen LogP contribution in [-0.4, -0.2) is 30.3 Å². The van der Waals surface area contributed by atoms with Crippen molar-refractivity contribution in [3.05, 3.63) is 0 Å². The van der Waals surface area contributed by atoms with Crippen molar-refractivity contribution in [1.29, 1.82) is 0 Å². The average molecular weight is 324 g/mol. The molecule has 1 heterocycles. The van der Waals surface area contributed by atoms with E-state index in [4.69, 9.17) is 0 Å². The first-order chi connectivity index (χ1) is 11.3. The third-order valence-electron chi connectivity index (χ3n) is 4.47. The smallest absolute Gasteiger partial charge is 0.238 e. The van der Waals surface area contributed by atoms with Crippen LogP contribution in [0.3, 0.4) is 0 Å². The maximum atomic E-state index is 11.7. The second kappa shape index (κ2) is 14.5. The number of amides is 1. The van der Waals surface area contributed by atoms with Crippen LogP contribution >= 0.6 is 0 Å². The fourth-order valence-electron chi connectivity index (χ4n) is 2.98. The Kier molecular flexibility index (Phi) is 12.6. The zero-order valence-electron chi connectivity index (χ0n) is 15.2.